The van der Waals surface area contributed by atoms with Gasteiger partial charge in [-0.3, -0.25) is 0 Å². The Morgan fingerprint density at radius 3 is 2.38 bits per heavy atom. The zero-order valence-corrected chi connectivity index (χ0v) is 10.6. The molecule has 1 fully saturated rings. The summed E-state index contributed by atoms with van der Waals surface area (Å²) >= 11 is 6.27. The van der Waals surface area contributed by atoms with Gasteiger partial charge in [-0.15, -0.1) is 0 Å². The van der Waals surface area contributed by atoms with Gasteiger partial charge in [0.25, 0.3) is 0 Å². The fourth-order valence-corrected chi connectivity index (χ4v) is 2.53. The first-order valence-corrected chi connectivity index (χ1v) is 6.37. The maximum atomic E-state index is 6.27. The largest absolute Gasteiger partial charge is 0.398 e. The third-order valence-corrected chi connectivity index (χ3v) is 3.58. The van der Waals surface area contributed by atoms with Crippen molar-refractivity contribution in [3.63, 3.8) is 0 Å². The second kappa shape index (κ2) is 4.96. The smallest absolute Gasteiger partial charge is 0.0660 e. The Bertz CT molecular complexity index is 368. The second-order valence-corrected chi connectivity index (χ2v) is 4.97. The lowest BCUT2D eigenvalue weighted by atomic mass is 10.1. The van der Waals surface area contributed by atoms with Crippen LogP contribution in [0.15, 0.2) is 12.1 Å². The van der Waals surface area contributed by atoms with Gasteiger partial charge in [-0.25, -0.2) is 0 Å². The molecular formula is C13H19ClN2. The molecule has 2 rings (SSSR count). The molecule has 0 saturated carbocycles. The monoisotopic (exact) mass is 238 g/mol. The van der Waals surface area contributed by atoms with Gasteiger partial charge in [-0.2, -0.15) is 0 Å². The summed E-state index contributed by atoms with van der Waals surface area (Å²) in [7, 11) is 0. The summed E-state index contributed by atoms with van der Waals surface area (Å²) in [5, 5.41) is 0.782. The van der Waals surface area contributed by atoms with E-state index >= 15 is 0 Å². The van der Waals surface area contributed by atoms with E-state index in [-0.39, 0.29) is 0 Å². The van der Waals surface area contributed by atoms with Gasteiger partial charge < -0.3 is 10.6 Å². The Hall–Kier alpha value is -0.890. The van der Waals surface area contributed by atoms with Crippen LogP contribution in [0.4, 0.5) is 11.4 Å². The van der Waals surface area contributed by atoms with Crippen molar-refractivity contribution >= 4 is 23.0 Å². The van der Waals surface area contributed by atoms with Crippen LogP contribution in [0.1, 0.15) is 31.2 Å². The zero-order chi connectivity index (χ0) is 11.5. The molecule has 1 aromatic carbocycles. The van der Waals surface area contributed by atoms with Gasteiger partial charge in [0, 0.05) is 18.8 Å². The van der Waals surface area contributed by atoms with E-state index in [0.717, 1.165) is 35.1 Å². The molecule has 16 heavy (non-hydrogen) atoms. The Morgan fingerprint density at radius 1 is 1.12 bits per heavy atom. The van der Waals surface area contributed by atoms with Crippen molar-refractivity contribution in [1.82, 2.24) is 0 Å². The molecule has 1 saturated heterocycles. The molecule has 0 aliphatic carbocycles. The Balaban J connectivity index is 2.27. The van der Waals surface area contributed by atoms with Crippen molar-refractivity contribution in [2.45, 2.75) is 32.6 Å². The molecule has 2 nitrogen and oxygen atoms in total. The van der Waals surface area contributed by atoms with Crippen molar-refractivity contribution in [3.8, 4) is 0 Å². The Morgan fingerprint density at radius 2 is 1.75 bits per heavy atom. The molecule has 3 heteroatoms. The maximum absolute atomic E-state index is 6.27. The summed E-state index contributed by atoms with van der Waals surface area (Å²) in [5.41, 5.74) is 8.89. The van der Waals surface area contributed by atoms with Crippen molar-refractivity contribution in [3.05, 3.63) is 22.7 Å². The van der Waals surface area contributed by atoms with Crippen LogP contribution in [-0.4, -0.2) is 13.1 Å². The van der Waals surface area contributed by atoms with Crippen LogP contribution < -0.4 is 10.6 Å². The predicted octanol–water partition coefficient (Wildman–Crippen LogP) is 3.61. The number of hydrogen-bond acceptors (Lipinski definition) is 2. The van der Waals surface area contributed by atoms with E-state index in [1.165, 1.54) is 25.7 Å². The van der Waals surface area contributed by atoms with Gasteiger partial charge >= 0.3 is 0 Å². The minimum atomic E-state index is 0.781. The summed E-state index contributed by atoms with van der Waals surface area (Å²) in [6.45, 7) is 4.26. The van der Waals surface area contributed by atoms with Crippen molar-refractivity contribution in [2.75, 3.05) is 23.7 Å². The molecule has 0 radical (unpaired) electrons. The van der Waals surface area contributed by atoms with Gasteiger partial charge in [-0.05, 0) is 37.5 Å². The SMILES string of the molecule is Cc1cc(N2CCCCCC2)c(Cl)cc1N. The van der Waals surface area contributed by atoms with Crippen molar-refractivity contribution < 1.29 is 0 Å². The minimum absolute atomic E-state index is 0.781. The van der Waals surface area contributed by atoms with Crippen LogP contribution >= 0.6 is 11.6 Å². The molecule has 1 aliphatic rings. The average molecular weight is 239 g/mol. The van der Waals surface area contributed by atoms with Crippen LogP contribution in [0.25, 0.3) is 0 Å². The van der Waals surface area contributed by atoms with Crippen LogP contribution in [0.2, 0.25) is 5.02 Å². The van der Waals surface area contributed by atoms with Gasteiger partial charge in [0.1, 0.15) is 0 Å². The third kappa shape index (κ3) is 2.43. The number of nitrogens with zero attached hydrogens (tertiary/aromatic N) is 1. The van der Waals surface area contributed by atoms with E-state index in [2.05, 4.69) is 11.0 Å². The lowest BCUT2D eigenvalue weighted by molar-refractivity contribution is 0.726. The first kappa shape index (κ1) is 11.6. The summed E-state index contributed by atoms with van der Waals surface area (Å²) in [6, 6.07) is 3.99. The summed E-state index contributed by atoms with van der Waals surface area (Å²) < 4.78 is 0. The van der Waals surface area contributed by atoms with E-state index in [1.807, 2.05) is 13.0 Å². The standard InChI is InChI=1S/C13H19ClN2/c1-10-8-13(11(14)9-12(10)15)16-6-4-2-3-5-7-16/h8-9H,2-7,15H2,1H3. The number of nitrogen functional groups attached to an aromatic ring is 1. The molecule has 0 aromatic heterocycles. The van der Waals surface area contributed by atoms with E-state index in [0.29, 0.717) is 0 Å². The Kier molecular flexibility index (Phi) is 3.59. The second-order valence-electron chi connectivity index (χ2n) is 4.56. The molecule has 0 unspecified atom stereocenters. The van der Waals surface area contributed by atoms with Gasteiger partial charge in [0.2, 0.25) is 0 Å². The summed E-state index contributed by atoms with van der Waals surface area (Å²) in [5.74, 6) is 0. The number of aryl methyl sites for hydroxylation is 1. The number of nitrogens with two attached hydrogens (primary N) is 1. The topological polar surface area (TPSA) is 29.3 Å². The highest BCUT2D eigenvalue weighted by Gasteiger charge is 2.13. The molecule has 2 N–H and O–H groups in total. The third-order valence-electron chi connectivity index (χ3n) is 3.28. The van der Waals surface area contributed by atoms with E-state index in [4.69, 9.17) is 17.3 Å². The highest BCUT2D eigenvalue weighted by atomic mass is 35.5. The lowest BCUT2D eigenvalue weighted by Gasteiger charge is -2.24. The lowest BCUT2D eigenvalue weighted by Crippen LogP contribution is -2.24. The fourth-order valence-electron chi connectivity index (χ4n) is 2.24. The van der Waals surface area contributed by atoms with E-state index in [9.17, 15) is 0 Å². The van der Waals surface area contributed by atoms with Gasteiger partial charge in [-0.1, -0.05) is 24.4 Å². The zero-order valence-electron chi connectivity index (χ0n) is 9.80. The highest BCUT2D eigenvalue weighted by molar-refractivity contribution is 6.33. The van der Waals surface area contributed by atoms with E-state index < -0.39 is 0 Å². The van der Waals surface area contributed by atoms with Gasteiger partial charge in [0.15, 0.2) is 0 Å². The quantitative estimate of drug-likeness (QED) is 0.758. The van der Waals surface area contributed by atoms with E-state index in [1.54, 1.807) is 0 Å². The van der Waals surface area contributed by atoms with Crippen molar-refractivity contribution in [2.24, 2.45) is 0 Å². The average Bonchev–Trinajstić information content (AvgIpc) is 2.52. The predicted molar refractivity (Wildman–Crippen MR) is 71.3 cm³/mol. The van der Waals surface area contributed by atoms with Crippen LogP contribution in [-0.2, 0) is 0 Å². The van der Waals surface area contributed by atoms with Gasteiger partial charge in [0.05, 0.1) is 10.7 Å². The highest BCUT2D eigenvalue weighted by Crippen LogP contribution is 2.31. The number of hydrogen-bond donors (Lipinski definition) is 1. The fraction of sp³-hybridized carbons (Fsp3) is 0.538. The number of anilines is 2. The first-order valence-electron chi connectivity index (χ1n) is 5.99. The normalized spacial score (nSPS) is 17.2. The molecule has 0 atom stereocenters. The molecule has 0 spiro atoms. The Labute approximate surface area is 102 Å². The van der Waals surface area contributed by atoms with Crippen LogP contribution in [0.5, 0.6) is 0 Å². The summed E-state index contributed by atoms with van der Waals surface area (Å²) in [4.78, 5) is 2.39. The minimum Gasteiger partial charge on any atom is -0.398 e. The number of benzene rings is 1. The first-order chi connectivity index (χ1) is 7.68. The molecule has 88 valence electrons. The number of rotatable bonds is 1. The molecular weight excluding hydrogens is 220 g/mol. The molecule has 1 heterocycles. The summed E-state index contributed by atoms with van der Waals surface area (Å²) in [6.07, 6.45) is 5.20. The maximum Gasteiger partial charge on any atom is 0.0660 e. The molecule has 0 amide bonds. The molecule has 1 aromatic rings. The van der Waals surface area contributed by atoms with Crippen molar-refractivity contribution in [1.29, 1.82) is 0 Å². The number of halogens is 1. The molecule has 0 bridgehead atoms. The van der Waals surface area contributed by atoms with Crippen LogP contribution in [0.3, 0.4) is 0 Å². The molecule has 1 aliphatic heterocycles. The van der Waals surface area contributed by atoms with Crippen LogP contribution in [0, 0.1) is 6.92 Å².